The van der Waals surface area contributed by atoms with Crippen molar-refractivity contribution in [3.8, 4) is 0 Å². The zero-order chi connectivity index (χ0) is 19.0. The fourth-order valence-corrected chi connectivity index (χ4v) is 4.09. The number of thiocarbonyl (C=S) groups is 1. The first-order valence-corrected chi connectivity index (χ1v) is 9.47. The highest BCUT2D eigenvalue weighted by Gasteiger charge is 2.41. The first-order valence-electron chi connectivity index (χ1n) is 9.06. The number of aromatic nitrogens is 3. The Morgan fingerprint density at radius 1 is 1.11 bits per heavy atom. The zero-order valence-electron chi connectivity index (χ0n) is 15.8. The predicted molar refractivity (Wildman–Crippen MR) is 110 cm³/mol. The Morgan fingerprint density at radius 2 is 1.89 bits per heavy atom. The van der Waals surface area contributed by atoms with E-state index in [1.807, 2.05) is 42.9 Å². The van der Waals surface area contributed by atoms with Crippen molar-refractivity contribution in [1.29, 1.82) is 0 Å². The van der Waals surface area contributed by atoms with E-state index < -0.39 is 0 Å². The summed E-state index contributed by atoms with van der Waals surface area (Å²) in [5.41, 5.74) is 5.97. The summed E-state index contributed by atoms with van der Waals surface area (Å²) in [7, 11) is 2.11. The van der Waals surface area contributed by atoms with Crippen LogP contribution in [0.5, 0.6) is 0 Å². The van der Waals surface area contributed by atoms with Crippen LogP contribution < -0.4 is 5.32 Å². The molecule has 6 heteroatoms. The Labute approximate surface area is 165 Å². The molecule has 4 rings (SSSR count). The smallest absolute Gasteiger partial charge is 0.170 e. The van der Waals surface area contributed by atoms with E-state index in [1.54, 1.807) is 0 Å². The Bertz CT molecular complexity index is 951. The molecular weight excluding hydrogens is 354 g/mol. The normalized spacial score (nSPS) is 19.4. The maximum atomic E-state index is 5.74. The second-order valence-electron chi connectivity index (χ2n) is 7.00. The molecule has 1 aliphatic rings. The summed E-state index contributed by atoms with van der Waals surface area (Å²) in [4.78, 5) is 11.0. The van der Waals surface area contributed by atoms with E-state index in [2.05, 4.69) is 57.8 Å². The van der Waals surface area contributed by atoms with E-state index in [0.29, 0.717) is 0 Å². The molecule has 3 aromatic rings. The van der Waals surface area contributed by atoms with Gasteiger partial charge in [-0.1, -0.05) is 6.07 Å². The molecule has 1 N–H and O–H groups in total. The minimum Gasteiger partial charge on any atom is -0.352 e. The number of hydrogen-bond acceptors (Lipinski definition) is 3. The SMILES string of the molecule is Cc1cc([C@@H]2[C@H](c3ccccn3)NC(=S)N2Cc2ccncc2)c(C)n1C. The highest BCUT2D eigenvalue weighted by molar-refractivity contribution is 7.80. The van der Waals surface area contributed by atoms with Gasteiger partial charge in [0.25, 0.3) is 0 Å². The largest absolute Gasteiger partial charge is 0.352 e. The Hall–Kier alpha value is -2.73. The van der Waals surface area contributed by atoms with Crippen LogP contribution in [0.3, 0.4) is 0 Å². The highest BCUT2D eigenvalue weighted by atomic mass is 32.1. The van der Waals surface area contributed by atoms with Crippen LogP contribution in [0.1, 0.15) is 40.3 Å². The van der Waals surface area contributed by atoms with Gasteiger partial charge in [0.15, 0.2) is 5.11 Å². The molecule has 0 bridgehead atoms. The lowest BCUT2D eigenvalue weighted by molar-refractivity contribution is 0.310. The first-order chi connectivity index (χ1) is 13.1. The number of nitrogens with one attached hydrogen (secondary N) is 1. The molecule has 0 spiro atoms. The van der Waals surface area contributed by atoms with E-state index in [9.17, 15) is 0 Å². The summed E-state index contributed by atoms with van der Waals surface area (Å²) >= 11 is 5.74. The van der Waals surface area contributed by atoms with Gasteiger partial charge >= 0.3 is 0 Å². The Kier molecular flexibility index (Phi) is 4.66. The summed E-state index contributed by atoms with van der Waals surface area (Å²) in [6.45, 7) is 5.04. The van der Waals surface area contributed by atoms with Crippen LogP contribution in [0.2, 0.25) is 0 Å². The maximum Gasteiger partial charge on any atom is 0.170 e. The van der Waals surface area contributed by atoms with Crippen molar-refractivity contribution in [1.82, 2.24) is 24.8 Å². The van der Waals surface area contributed by atoms with Crippen molar-refractivity contribution in [2.75, 3.05) is 0 Å². The van der Waals surface area contributed by atoms with Crippen LogP contribution >= 0.6 is 12.2 Å². The van der Waals surface area contributed by atoms with E-state index >= 15 is 0 Å². The number of rotatable bonds is 4. The van der Waals surface area contributed by atoms with E-state index in [1.165, 1.54) is 22.5 Å². The molecule has 27 heavy (non-hydrogen) atoms. The molecule has 0 amide bonds. The third kappa shape index (κ3) is 3.21. The van der Waals surface area contributed by atoms with Gasteiger partial charge < -0.3 is 14.8 Å². The molecule has 2 atom stereocenters. The molecule has 138 valence electrons. The van der Waals surface area contributed by atoms with Gasteiger partial charge in [0.1, 0.15) is 0 Å². The summed E-state index contributed by atoms with van der Waals surface area (Å²) in [6.07, 6.45) is 5.49. The lowest BCUT2D eigenvalue weighted by Crippen LogP contribution is -2.29. The molecule has 0 aromatic carbocycles. The van der Waals surface area contributed by atoms with Gasteiger partial charge in [0.2, 0.25) is 0 Å². The molecule has 3 aromatic heterocycles. The van der Waals surface area contributed by atoms with Crippen molar-refractivity contribution >= 4 is 17.3 Å². The average Bonchev–Trinajstić information content (AvgIpc) is 3.14. The molecule has 1 fully saturated rings. The summed E-state index contributed by atoms with van der Waals surface area (Å²) in [6, 6.07) is 12.5. The van der Waals surface area contributed by atoms with Crippen LogP contribution in [0.25, 0.3) is 0 Å². The van der Waals surface area contributed by atoms with Gasteiger partial charge in [-0.25, -0.2) is 0 Å². The number of pyridine rings is 2. The number of nitrogens with zero attached hydrogens (tertiary/aromatic N) is 4. The molecule has 0 radical (unpaired) electrons. The fraction of sp³-hybridized carbons (Fsp3) is 0.286. The number of hydrogen-bond donors (Lipinski definition) is 1. The molecule has 1 saturated heterocycles. The lowest BCUT2D eigenvalue weighted by atomic mass is 9.96. The van der Waals surface area contributed by atoms with Gasteiger partial charge in [-0.15, -0.1) is 0 Å². The molecule has 0 aliphatic carbocycles. The van der Waals surface area contributed by atoms with E-state index in [0.717, 1.165) is 17.4 Å². The molecular formula is C21H23N5S. The molecule has 5 nitrogen and oxygen atoms in total. The molecule has 0 unspecified atom stereocenters. The zero-order valence-corrected chi connectivity index (χ0v) is 16.6. The van der Waals surface area contributed by atoms with Crippen molar-refractivity contribution in [2.24, 2.45) is 7.05 Å². The summed E-state index contributed by atoms with van der Waals surface area (Å²) < 4.78 is 2.23. The fourth-order valence-electron chi connectivity index (χ4n) is 3.78. The molecule has 0 saturated carbocycles. The summed E-state index contributed by atoms with van der Waals surface area (Å²) in [5, 5.41) is 4.27. The monoisotopic (exact) mass is 377 g/mol. The second kappa shape index (κ2) is 7.12. The predicted octanol–water partition coefficient (Wildman–Crippen LogP) is 3.60. The van der Waals surface area contributed by atoms with Crippen molar-refractivity contribution in [2.45, 2.75) is 32.5 Å². The topological polar surface area (TPSA) is 46.0 Å². The van der Waals surface area contributed by atoms with E-state index in [4.69, 9.17) is 12.2 Å². The minimum atomic E-state index is 0.0148. The van der Waals surface area contributed by atoms with Gasteiger partial charge in [-0.2, -0.15) is 0 Å². The maximum absolute atomic E-state index is 5.74. The quantitative estimate of drug-likeness (QED) is 0.704. The van der Waals surface area contributed by atoms with Crippen LogP contribution in [-0.4, -0.2) is 24.5 Å². The van der Waals surface area contributed by atoms with Crippen LogP contribution in [-0.2, 0) is 13.6 Å². The Morgan fingerprint density at radius 3 is 2.52 bits per heavy atom. The summed E-state index contributed by atoms with van der Waals surface area (Å²) in [5.74, 6) is 0. The van der Waals surface area contributed by atoms with Gasteiger partial charge in [0, 0.05) is 43.6 Å². The third-order valence-corrected chi connectivity index (χ3v) is 5.79. The van der Waals surface area contributed by atoms with Gasteiger partial charge in [0.05, 0.1) is 17.8 Å². The standard InChI is InChI=1S/C21H23N5S/c1-14-12-17(15(2)25(14)3)20-19(18-6-4-5-9-23-18)24-21(27)26(20)13-16-7-10-22-11-8-16/h4-12,19-20H,13H2,1-3H3,(H,24,27)/t19-,20+/m0/s1. The Balaban J connectivity index is 1.79. The lowest BCUT2D eigenvalue weighted by Gasteiger charge is -2.28. The van der Waals surface area contributed by atoms with Gasteiger partial charge in [-0.05, 0) is 67.5 Å². The van der Waals surface area contributed by atoms with Crippen LogP contribution in [0.15, 0.2) is 55.0 Å². The van der Waals surface area contributed by atoms with Crippen molar-refractivity contribution in [3.63, 3.8) is 0 Å². The van der Waals surface area contributed by atoms with Crippen LogP contribution in [0, 0.1) is 13.8 Å². The van der Waals surface area contributed by atoms with Crippen molar-refractivity contribution < 1.29 is 0 Å². The highest BCUT2D eigenvalue weighted by Crippen LogP contribution is 2.41. The molecule has 1 aliphatic heterocycles. The second-order valence-corrected chi connectivity index (χ2v) is 7.38. The van der Waals surface area contributed by atoms with Crippen LogP contribution in [0.4, 0.5) is 0 Å². The number of aryl methyl sites for hydroxylation is 1. The molecule has 4 heterocycles. The third-order valence-electron chi connectivity index (χ3n) is 5.43. The minimum absolute atomic E-state index is 0.0148. The average molecular weight is 378 g/mol. The van der Waals surface area contributed by atoms with E-state index in [-0.39, 0.29) is 12.1 Å². The first kappa shape index (κ1) is 17.7. The van der Waals surface area contributed by atoms with Gasteiger partial charge in [-0.3, -0.25) is 9.97 Å². The van der Waals surface area contributed by atoms with Crippen molar-refractivity contribution in [3.05, 3.63) is 83.2 Å².